The zero-order valence-electron chi connectivity index (χ0n) is 14.8. The van der Waals surface area contributed by atoms with Crippen LogP contribution in [0.4, 0.5) is 0 Å². The highest BCUT2D eigenvalue weighted by Gasteiger charge is 2.48. The van der Waals surface area contributed by atoms with Crippen molar-refractivity contribution in [3.05, 3.63) is 35.9 Å². The second-order valence-corrected chi connectivity index (χ2v) is 10.6. The van der Waals surface area contributed by atoms with E-state index in [-0.39, 0.29) is 11.3 Å². The predicted octanol–water partition coefficient (Wildman–Crippen LogP) is 4.35. The lowest BCUT2D eigenvalue weighted by Crippen LogP contribution is -2.50. The summed E-state index contributed by atoms with van der Waals surface area (Å²) in [5.74, 6) is 0.640. The standard InChI is InChI=1S/C19H32O2Si/c1-18(2,3)16-12-9-13-19(20,14-21-22(4)5)17(16)15-10-7-6-8-11-15/h6-8,10-11,16-17,20,22H,9,12-14H2,1-5H3. The van der Waals surface area contributed by atoms with Gasteiger partial charge in [-0.25, -0.2) is 0 Å². The van der Waals surface area contributed by atoms with E-state index >= 15 is 0 Å². The smallest absolute Gasteiger partial charge is 0.171 e. The van der Waals surface area contributed by atoms with Crippen molar-refractivity contribution in [2.45, 2.75) is 64.6 Å². The number of aliphatic hydroxyl groups is 1. The SMILES string of the molecule is C[SiH](C)OCC1(O)CCCC(C(C)(C)C)C1c1ccccc1. The fourth-order valence-corrected chi connectivity index (χ4v) is 4.56. The zero-order valence-corrected chi connectivity index (χ0v) is 16.0. The van der Waals surface area contributed by atoms with Gasteiger partial charge in [-0.3, -0.25) is 0 Å². The van der Waals surface area contributed by atoms with Gasteiger partial charge in [0.05, 0.1) is 12.2 Å². The van der Waals surface area contributed by atoms with E-state index in [1.54, 1.807) is 0 Å². The highest BCUT2D eigenvalue weighted by Crippen LogP contribution is 2.51. The summed E-state index contributed by atoms with van der Waals surface area (Å²) < 4.78 is 5.99. The van der Waals surface area contributed by atoms with Gasteiger partial charge in [-0.1, -0.05) is 57.5 Å². The molecule has 3 atom stereocenters. The van der Waals surface area contributed by atoms with Crippen LogP contribution in [0.2, 0.25) is 13.1 Å². The van der Waals surface area contributed by atoms with E-state index in [4.69, 9.17) is 4.43 Å². The van der Waals surface area contributed by atoms with Crippen molar-refractivity contribution in [2.75, 3.05) is 6.61 Å². The summed E-state index contributed by atoms with van der Waals surface area (Å²) in [7, 11) is -1.13. The van der Waals surface area contributed by atoms with Gasteiger partial charge in [0, 0.05) is 5.92 Å². The summed E-state index contributed by atoms with van der Waals surface area (Å²) in [5, 5.41) is 11.5. The minimum absolute atomic E-state index is 0.162. The highest BCUT2D eigenvalue weighted by atomic mass is 28.3. The first-order chi connectivity index (χ1) is 10.2. The van der Waals surface area contributed by atoms with Gasteiger partial charge >= 0.3 is 0 Å². The number of rotatable bonds is 4. The lowest BCUT2D eigenvalue weighted by Gasteiger charge is -2.50. The summed E-state index contributed by atoms with van der Waals surface area (Å²) >= 11 is 0. The fourth-order valence-electron chi connectivity index (χ4n) is 3.93. The van der Waals surface area contributed by atoms with Crippen LogP contribution in [-0.2, 0) is 4.43 Å². The summed E-state index contributed by atoms with van der Waals surface area (Å²) in [6, 6.07) is 10.6. The first-order valence-corrected chi connectivity index (χ1v) is 11.4. The van der Waals surface area contributed by atoms with Gasteiger partial charge in [0.1, 0.15) is 0 Å². The minimum atomic E-state index is -1.13. The molecule has 0 saturated heterocycles. The normalized spacial score (nSPS) is 29.8. The average Bonchev–Trinajstić information content (AvgIpc) is 2.45. The third kappa shape index (κ3) is 4.00. The first-order valence-electron chi connectivity index (χ1n) is 8.63. The highest BCUT2D eigenvalue weighted by molar-refractivity contribution is 6.48. The summed E-state index contributed by atoms with van der Waals surface area (Å²) in [5.41, 5.74) is 0.720. The molecule has 1 aliphatic rings. The summed E-state index contributed by atoms with van der Waals surface area (Å²) in [4.78, 5) is 0. The molecule has 0 radical (unpaired) electrons. The molecule has 0 aliphatic heterocycles. The molecule has 1 N–H and O–H groups in total. The minimum Gasteiger partial charge on any atom is -0.418 e. The van der Waals surface area contributed by atoms with E-state index in [0.717, 1.165) is 12.8 Å². The molecular weight excluding hydrogens is 288 g/mol. The molecule has 0 amide bonds. The van der Waals surface area contributed by atoms with E-state index in [1.807, 2.05) is 0 Å². The van der Waals surface area contributed by atoms with Crippen molar-refractivity contribution in [2.24, 2.45) is 11.3 Å². The molecule has 1 saturated carbocycles. The maximum absolute atomic E-state index is 11.5. The Bertz CT molecular complexity index is 466. The third-order valence-corrected chi connectivity index (χ3v) is 5.88. The van der Waals surface area contributed by atoms with Crippen molar-refractivity contribution < 1.29 is 9.53 Å². The molecule has 22 heavy (non-hydrogen) atoms. The van der Waals surface area contributed by atoms with Gasteiger partial charge in [0.2, 0.25) is 0 Å². The fraction of sp³-hybridized carbons (Fsp3) is 0.684. The van der Waals surface area contributed by atoms with Crippen molar-refractivity contribution in [1.82, 2.24) is 0 Å². The molecule has 1 aromatic rings. The molecule has 0 bridgehead atoms. The molecular formula is C19H32O2Si. The zero-order chi connectivity index (χ0) is 16.4. The van der Waals surface area contributed by atoms with Crippen LogP contribution in [-0.4, -0.2) is 26.4 Å². The largest absolute Gasteiger partial charge is 0.418 e. The average molecular weight is 321 g/mol. The van der Waals surface area contributed by atoms with Gasteiger partial charge in [-0.2, -0.15) is 0 Å². The topological polar surface area (TPSA) is 29.5 Å². The molecule has 1 aliphatic carbocycles. The molecule has 1 aromatic carbocycles. The van der Waals surface area contributed by atoms with Gasteiger partial charge in [0.15, 0.2) is 9.04 Å². The van der Waals surface area contributed by atoms with Crippen molar-refractivity contribution in [3.8, 4) is 0 Å². The molecule has 2 rings (SSSR count). The Morgan fingerprint density at radius 3 is 2.41 bits per heavy atom. The van der Waals surface area contributed by atoms with E-state index in [2.05, 4.69) is 64.2 Å². The first kappa shape index (κ1) is 17.7. The van der Waals surface area contributed by atoms with Crippen LogP contribution in [0, 0.1) is 11.3 Å². The van der Waals surface area contributed by atoms with E-state index < -0.39 is 14.6 Å². The van der Waals surface area contributed by atoms with Gasteiger partial charge in [-0.15, -0.1) is 0 Å². The molecule has 3 heteroatoms. The monoisotopic (exact) mass is 320 g/mol. The van der Waals surface area contributed by atoms with E-state index in [1.165, 1.54) is 12.0 Å². The van der Waals surface area contributed by atoms with Crippen LogP contribution < -0.4 is 0 Å². The van der Waals surface area contributed by atoms with Crippen molar-refractivity contribution in [1.29, 1.82) is 0 Å². The maximum atomic E-state index is 11.5. The molecule has 2 nitrogen and oxygen atoms in total. The Morgan fingerprint density at radius 2 is 1.86 bits per heavy atom. The second-order valence-electron chi connectivity index (χ2n) is 8.22. The van der Waals surface area contributed by atoms with Gasteiger partial charge in [0.25, 0.3) is 0 Å². The molecule has 0 aromatic heterocycles. The van der Waals surface area contributed by atoms with Crippen molar-refractivity contribution >= 4 is 9.04 Å². The lowest BCUT2D eigenvalue weighted by atomic mass is 9.59. The third-order valence-electron chi connectivity index (χ3n) is 5.04. The quantitative estimate of drug-likeness (QED) is 0.836. The molecule has 0 spiro atoms. The van der Waals surface area contributed by atoms with Gasteiger partial charge < -0.3 is 9.53 Å². The Balaban J connectivity index is 2.38. The maximum Gasteiger partial charge on any atom is 0.171 e. The summed E-state index contributed by atoms with van der Waals surface area (Å²) in [6.07, 6.45) is 3.12. The molecule has 1 fully saturated rings. The van der Waals surface area contributed by atoms with Crippen LogP contribution in [0.5, 0.6) is 0 Å². The van der Waals surface area contributed by atoms with Crippen LogP contribution in [0.25, 0.3) is 0 Å². The predicted molar refractivity (Wildman–Crippen MR) is 95.8 cm³/mol. The Morgan fingerprint density at radius 1 is 1.23 bits per heavy atom. The van der Waals surface area contributed by atoms with E-state index in [0.29, 0.717) is 12.5 Å². The summed E-state index contributed by atoms with van der Waals surface area (Å²) in [6.45, 7) is 11.7. The Labute approximate surface area is 137 Å². The Kier molecular flexibility index (Phi) is 5.52. The van der Waals surface area contributed by atoms with Gasteiger partial charge in [-0.05, 0) is 42.8 Å². The van der Waals surface area contributed by atoms with Crippen molar-refractivity contribution in [3.63, 3.8) is 0 Å². The van der Waals surface area contributed by atoms with Crippen LogP contribution >= 0.6 is 0 Å². The molecule has 124 valence electrons. The van der Waals surface area contributed by atoms with Crippen LogP contribution in [0.15, 0.2) is 30.3 Å². The number of hydrogen-bond acceptors (Lipinski definition) is 2. The van der Waals surface area contributed by atoms with Crippen LogP contribution in [0.3, 0.4) is 0 Å². The lowest BCUT2D eigenvalue weighted by molar-refractivity contribution is -0.0883. The van der Waals surface area contributed by atoms with Crippen LogP contribution in [0.1, 0.15) is 51.5 Å². The molecule has 0 heterocycles. The Hall–Kier alpha value is -0.643. The number of benzene rings is 1. The number of hydrogen-bond donors (Lipinski definition) is 1. The molecule has 3 unspecified atom stereocenters. The van der Waals surface area contributed by atoms with E-state index in [9.17, 15) is 5.11 Å². The second kappa shape index (κ2) is 6.86.